The van der Waals surface area contributed by atoms with Crippen LogP contribution in [0, 0.1) is 29.6 Å². The molecule has 0 unspecified atom stereocenters. The molecule has 0 aliphatic rings. The van der Waals surface area contributed by atoms with Crippen molar-refractivity contribution in [2.75, 3.05) is 5.32 Å². The molecule has 1 aromatic carbocycles. The first-order valence-electron chi connectivity index (χ1n) is 4.31. The Morgan fingerprint density at radius 3 is 2.44 bits per heavy atom. The average molecular weight is 341 g/mol. The molecule has 1 N–H and O–H groups in total. The summed E-state index contributed by atoms with van der Waals surface area (Å²) < 4.78 is 1.83. The zero-order valence-corrected chi connectivity index (χ0v) is 11.6. The Kier molecular flexibility index (Phi) is 4.54. The van der Waals surface area contributed by atoms with E-state index in [4.69, 9.17) is 10.5 Å². The minimum atomic E-state index is 0.0311. The van der Waals surface area contributed by atoms with Gasteiger partial charge in [0, 0.05) is 15.1 Å². The van der Waals surface area contributed by atoms with Crippen molar-refractivity contribution in [3.8, 4) is 12.1 Å². The number of allylic oxidation sites excluding steroid dienone is 1. The van der Waals surface area contributed by atoms with E-state index in [1.54, 1.807) is 12.1 Å². The molecule has 0 saturated heterocycles. The van der Waals surface area contributed by atoms with Gasteiger partial charge in [-0.3, -0.25) is 0 Å². The van der Waals surface area contributed by atoms with E-state index in [1.807, 2.05) is 19.1 Å². The molecule has 0 atom stereocenters. The van der Waals surface area contributed by atoms with Crippen molar-refractivity contribution < 1.29 is 0 Å². The molecule has 3 nitrogen and oxygen atoms in total. The first-order chi connectivity index (χ1) is 7.58. The van der Waals surface area contributed by atoms with E-state index in [1.165, 1.54) is 6.20 Å². The monoisotopic (exact) mass is 339 g/mol. The van der Waals surface area contributed by atoms with Gasteiger partial charge in [0.15, 0.2) is 0 Å². The second kappa shape index (κ2) is 5.69. The smallest absolute Gasteiger partial charge is 0.145 e. The van der Waals surface area contributed by atoms with Gasteiger partial charge in [-0.1, -0.05) is 15.9 Å². The first-order valence-corrected chi connectivity index (χ1v) is 5.89. The van der Waals surface area contributed by atoms with Gasteiger partial charge in [0.05, 0.1) is 5.69 Å². The molecule has 5 heteroatoms. The maximum atomic E-state index is 8.57. The zero-order chi connectivity index (χ0) is 12.1. The van der Waals surface area contributed by atoms with E-state index in [0.29, 0.717) is 0 Å². The van der Waals surface area contributed by atoms with Crippen molar-refractivity contribution in [1.82, 2.24) is 0 Å². The Hall–Kier alpha value is -1.30. The molecule has 0 saturated carbocycles. The van der Waals surface area contributed by atoms with E-state index in [0.717, 1.165) is 20.2 Å². The third-order valence-corrected chi connectivity index (χ3v) is 3.37. The molecule has 1 aromatic rings. The summed E-state index contributed by atoms with van der Waals surface area (Å²) in [5, 5.41) is 20.0. The van der Waals surface area contributed by atoms with Gasteiger partial charge in [-0.25, -0.2) is 0 Å². The number of anilines is 1. The van der Waals surface area contributed by atoms with Gasteiger partial charge < -0.3 is 5.32 Å². The van der Waals surface area contributed by atoms with Crippen molar-refractivity contribution in [1.29, 1.82) is 10.5 Å². The maximum Gasteiger partial charge on any atom is 0.145 e. The summed E-state index contributed by atoms with van der Waals surface area (Å²) >= 11 is 6.81. The fraction of sp³-hybridized carbons (Fsp3) is 0.0909. The molecule has 0 bridgehead atoms. The Labute approximate surface area is 111 Å². The van der Waals surface area contributed by atoms with E-state index >= 15 is 0 Å². The highest BCUT2D eigenvalue weighted by atomic mass is 79.9. The van der Waals surface area contributed by atoms with E-state index in [9.17, 15) is 0 Å². The lowest BCUT2D eigenvalue weighted by Crippen LogP contribution is -1.92. The molecular weight excluding hydrogens is 334 g/mol. The van der Waals surface area contributed by atoms with Gasteiger partial charge in [-0.2, -0.15) is 10.5 Å². The minimum Gasteiger partial charge on any atom is -0.359 e. The average Bonchev–Trinajstić information content (AvgIpc) is 2.26. The maximum absolute atomic E-state index is 8.57. The number of rotatable bonds is 2. The summed E-state index contributed by atoms with van der Waals surface area (Å²) in [6, 6.07) is 7.38. The van der Waals surface area contributed by atoms with Crippen LogP contribution in [0.4, 0.5) is 5.69 Å². The van der Waals surface area contributed by atoms with Crippen LogP contribution in [0.5, 0.6) is 0 Å². The fourth-order valence-electron chi connectivity index (χ4n) is 0.996. The highest BCUT2D eigenvalue weighted by Crippen LogP contribution is 2.29. The molecule has 0 amide bonds. The number of nitriles is 2. The number of hydrogen-bond donors (Lipinski definition) is 1. The normalized spacial score (nSPS) is 8.81. The molecule has 80 valence electrons. The summed E-state index contributed by atoms with van der Waals surface area (Å²) in [5.74, 6) is 0. The lowest BCUT2D eigenvalue weighted by Gasteiger charge is -2.07. The number of halogens is 2. The largest absolute Gasteiger partial charge is 0.359 e. The molecule has 0 aliphatic carbocycles. The topological polar surface area (TPSA) is 59.6 Å². The quantitative estimate of drug-likeness (QED) is 0.831. The van der Waals surface area contributed by atoms with Gasteiger partial charge in [0.2, 0.25) is 0 Å². The SMILES string of the molecule is Cc1cc(Br)c(NC=C(C#N)C#N)cc1Br. The lowest BCUT2D eigenvalue weighted by molar-refractivity contribution is 1.39. The molecule has 0 heterocycles. The molecule has 16 heavy (non-hydrogen) atoms. The molecule has 0 radical (unpaired) electrons. The van der Waals surface area contributed by atoms with Crippen LogP contribution in [0.2, 0.25) is 0 Å². The van der Waals surface area contributed by atoms with Crippen molar-refractivity contribution in [2.45, 2.75) is 6.92 Å². The summed E-state index contributed by atoms with van der Waals surface area (Å²) in [6.45, 7) is 1.98. The number of hydrogen-bond acceptors (Lipinski definition) is 3. The molecule has 0 spiro atoms. The second-order valence-electron chi connectivity index (χ2n) is 3.01. The Balaban J connectivity index is 3.01. The van der Waals surface area contributed by atoms with E-state index in [-0.39, 0.29) is 5.57 Å². The highest BCUT2D eigenvalue weighted by molar-refractivity contribution is 9.11. The summed E-state index contributed by atoms with van der Waals surface area (Å²) in [4.78, 5) is 0. The highest BCUT2D eigenvalue weighted by Gasteiger charge is 2.02. The number of nitrogens with one attached hydrogen (secondary N) is 1. The van der Waals surface area contributed by atoms with Crippen LogP contribution in [0.1, 0.15) is 5.56 Å². The van der Waals surface area contributed by atoms with Gasteiger partial charge in [-0.15, -0.1) is 0 Å². The third kappa shape index (κ3) is 3.10. The predicted octanol–water partition coefficient (Wildman–Crippen LogP) is 3.86. The van der Waals surface area contributed by atoms with Crippen LogP contribution in [0.25, 0.3) is 0 Å². The van der Waals surface area contributed by atoms with Gasteiger partial charge in [0.25, 0.3) is 0 Å². The van der Waals surface area contributed by atoms with Gasteiger partial charge in [0.1, 0.15) is 17.7 Å². The molecule has 1 rings (SSSR count). The predicted molar refractivity (Wildman–Crippen MR) is 69.5 cm³/mol. The van der Waals surface area contributed by atoms with E-state index in [2.05, 4.69) is 37.2 Å². The second-order valence-corrected chi connectivity index (χ2v) is 4.72. The Morgan fingerprint density at radius 1 is 1.25 bits per heavy atom. The van der Waals surface area contributed by atoms with Gasteiger partial charge in [-0.05, 0) is 40.5 Å². The van der Waals surface area contributed by atoms with Crippen LogP contribution in [-0.4, -0.2) is 0 Å². The molecule has 0 aromatic heterocycles. The van der Waals surface area contributed by atoms with Crippen molar-refractivity contribution >= 4 is 37.5 Å². The van der Waals surface area contributed by atoms with Crippen molar-refractivity contribution in [3.05, 3.63) is 38.4 Å². The number of aryl methyl sites for hydroxylation is 1. The first kappa shape index (κ1) is 12.8. The Bertz CT molecular complexity index is 505. The van der Waals surface area contributed by atoms with Gasteiger partial charge >= 0.3 is 0 Å². The zero-order valence-electron chi connectivity index (χ0n) is 8.38. The van der Waals surface area contributed by atoms with Crippen LogP contribution in [0.3, 0.4) is 0 Å². The fourth-order valence-corrected chi connectivity index (χ4v) is 1.91. The van der Waals surface area contributed by atoms with Crippen LogP contribution >= 0.6 is 31.9 Å². The standard InChI is InChI=1S/C11H7Br2N3/c1-7-2-10(13)11(3-9(7)12)16-6-8(4-14)5-15/h2-3,6,16H,1H3. The van der Waals surface area contributed by atoms with Crippen LogP contribution in [0.15, 0.2) is 32.9 Å². The van der Waals surface area contributed by atoms with E-state index < -0.39 is 0 Å². The van der Waals surface area contributed by atoms with Crippen molar-refractivity contribution in [3.63, 3.8) is 0 Å². The van der Waals surface area contributed by atoms with Crippen molar-refractivity contribution in [2.24, 2.45) is 0 Å². The molecule has 0 aliphatic heterocycles. The summed E-state index contributed by atoms with van der Waals surface area (Å²) in [5.41, 5.74) is 1.92. The summed E-state index contributed by atoms with van der Waals surface area (Å²) in [7, 11) is 0. The van der Waals surface area contributed by atoms with Crippen LogP contribution < -0.4 is 5.32 Å². The van der Waals surface area contributed by atoms with Crippen LogP contribution in [-0.2, 0) is 0 Å². The number of benzene rings is 1. The molecule has 0 fully saturated rings. The minimum absolute atomic E-state index is 0.0311. The lowest BCUT2D eigenvalue weighted by atomic mass is 10.2. The molecular formula is C11H7Br2N3. The number of nitrogens with zero attached hydrogens (tertiary/aromatic N) is 2. The third-order valence-electron chi connectivity index (χ3n) is 1.86. The Morgan fingerprint density at radius 2 is 1.88 bits per heavy atom. The summed E-state index contributed by atoms with van der Waals surface area (Å²) in [6.07, 6.45) is 1.38.